The Balaban J connectivity index is 0. The van der Waals surface area contributed by atoms with E-state index in [0.29, 0.717) is 24.5 Å². The normalized spacial score (nSPS) is 11.7. The van der Waals surface area contributed by atoms with Gasteiger partial charge in [-0.25, -0.2) is 0 Å². The van der Waals surface area contributed by atoms with Gasteiger partial charge in [-0.2, -0.15) is 0 Å². The van der Waals surface area contributed by atoms with Gasteiger partial charge in [0.05, 0.1) is 12.3 Å². The van der Waals surface area contributed by atoms with Crippen LogP contribution in [0.15, 0.2) is 36.3 Å². The Bertz CT molecular complexity index is 302. The Morgan fingerprint density at radius 3 is 2.33 bits per heavy atom. The van der Waals surface area contributed by atoms with Gasteiger partial charge in [0.25, 0.3) is 0 Å². The molecule has 0 aliphatic rings. The monoisotopic (exact) mass is 253 g/mol. The van der Waals surface area contributed by atoms with Gasteiger partial charge in [-0.1, -0.05) is 40.3 Å². The first-order valence-electron chi connectivity index (χ1n) is 6.43. The molecule has 0 atom stereocenters. The van der Waals surface area contributed by atoms with Gasteiger partial charge in [-0.15, -0.1) is 0 Å². The lowest BCUT2D eigenvalue weighted by Gasteiger charge is -2.09. The van der Waals surface area contributed by atoms with Gasteiger partial charge in [0.1, 0.15) is 11.5 Å². The minimum absolute atomic E-state index is 0.0487. The van der Waals surface area contributed by atoms with Crippen molar-refractivity contribution >= 4 is 5.78 Å². The van der Waals surface area contributed by atoms with Crippen molar-refractivity contribution in [3.63, 3.8) is 0 Å². The quantitative estimate of drug-likeness (QED) is 0.557. The van der Waals surface area contributed by atoms with Crippen LogP contribution in [0.4, 0.5) is 0 Å². The lowest BCUT2D eigenvalue weighted by molar-refractivity contribution is -0.122. The zero-order chi connectivity index (χ0) is 14.6. The summed E-state index contributed by atoms with van der Waals surface area (Å²) in [7, 11) is 0. The van der Waals surface area contributed by atoms with Crippen LogP contribution in [0.3, 0.4) is 0 Å². The molecule has 104 valence electrons. The third-order valence-corrected chi connectivity index (χ3v) is 2.07. The third kappa shape index (κ3) is 8.62. The fraction of sp³-hybridized carbons (Fsp3) is 0.533. The highest BCUT2D eigenvalue weighted by Gasteiger charge is 2.07. The zero-order valence-electron chi connectivity index (χ0n) is 12.3. The predicted octanol–water partition coefficient (Wildman–Crippen LogP) is 3.58. The summed E-state index contributed by atoms with van der Waals surface area (Å²) in [5.41, 5.74) is 6.25. The first kappa shape index (κ1) is 18.8. The van der Waals surface area contributed by atoms with E-state index in [4.69, 9.17) is 10.5 Å². The van der Waals surface area contributed by atoms with E-state index in [1.807, 2.05) is 40.7 Å². The van der Waals surface area contributed by atoms with Gasteiger partial charge < -0.3 is 10.5 Å². The highest BCUT2D eigenvalue weighted by atomic mass is 16.5. The molecule has 0 aliphatic heterocycles. The number of ether oxygens (including phenoxy) is 1. The summed E-state index contributed by atoms with van der Waals surface area (Å²) in [6, 6.07) is 0. The number of hydrogen-bond acceptors (Lipinski definition) is 3. The van der Waals surface area contributed by atoms with E-state index in [1.165, 1.54) is 0 Å². The third-order valence-electron chi connectivity index (χ3n) is 2.07. The molecule has 0 aromatic rings. The standard InChI is InChI=1S/C13H21NO2.C2H6/c1-5-7-11(14)13(6-2)16-9-8-12(15)10(3)4;1-2/h5-7,10H,2,8-9,14H2,1,3-4H3;1-2H3/b7-5-,13-11-;. The number of hydrogen-bond donors (Lipinski definition) is 1. The van der Waals surface area contributed by atoms with Crippen molar-refractivity contribution in [1.82, 2.24) is 0 Å². The smallest absolute Gasteiger partial charge is 0.141 e. The topological polar surface area (TPSA) is 52.3 Å². The molecular formula is C15H27NO2. The van der Waals surface area contributed by atoms with Crippen molar-refractivity contribution in [2.24, 2.45) is 11.7 Å². The summed E-state index contributed by atoms with van der Waals surface area (Å²) in [5.74, 6) is 0.760. The van der Waals surface area contributed by atoms with Crippen LogP contribution in [0, 0.1) is 5.92 Å². The maximum absolute atomic E-state index is 11.3. The van der Waals surface area contributed by atoms with E-state index in [2.05, 4.69) is 6.58 Å². The average Bonchev–Trinajstić information content (AvgIpc) is 2.36. The number of carbonyl (C=O) groups is 1. The summed E-state index contributed by atoms with van der Waals surface area (Å²) < 4.78 is 5.39. The SMILES string of the molecule is C=C/C(OCCC(=O)C(C)C)=C(N)\C=C/C.CC. The summed E-state index contributed by atoms with van der Waals surface area (Å²) >= 11 is 0. The molecule has 0 fully saturated rings. The van der Waals surface area contributed by atoms with E-state index >= 15 is 0 Å². The average molecular weight is 253 g/mol. The fourth-order valence-corrected chi connectivity index (χ4v) is 1.07. The second kappa shape index (κ2) is 12.0. The molecule has 0 bridgehead atoms. The van der Waals surface area contributed by atoms with Gasteiger partial charge in [0.15, 0.2) is 0 Å². The van der Waals surface area contributed by atoms with Crippen molar-refractivity contribution in [3.8, 4) is 0 Å². The maximum atomic E-state index is 11.3. The Morgan fingerprint density at radius 1 is 1.39 bits per heavy atom. The highest BCUT2D eigenvalue weighted by molar-refractivity contribution is 5.80. The van der Waals surface area contributed by atoms with Crippen LogP contribution in [0.25, 0.3) is 0 Å². The van der Waals surface area contributed by atoms with Crippen LogP contribution in [0.1, 0.15) is 41.0 Å². The first-order valence-corrected chi connectivity index (χ1v) is 6.43. The van der Waals surface area contributed by atoms with Crippen LogP contribution in [0.2, 0.25) is 0 Å². The Kier molecular flexibility index (Phi) is 12.5. The van der Waals surface area contributed by atoms with Gasteiger partial charge in [0.2, 0.25) is 0 Å². The number of carbonyl (C=O) groups excluding carboxylic acids is 1. The summed E-state index contributed by atoms with van der Waals surface area (Å²) in [6.45, 7) is 13.6. The maximum Gasteiger partial charge on any atom is 0.141 e. The second-order valence-electron chi connectivity index (χ2n) is 3.74. The van der Waals surface area contributed by atoms with Crippen LogP contribution >= 0.6 is 0 Å². The molecule has 0 unspecified atom stereocenters. The van der Waals surface area contributed by atoms with E-state index in [0.717, 1.165) is 0 Å². The van der Waals surface area contributed by atoms with Crippen LogP contribution in [0.5, 0.6) is 0 Å². The molecule has 2 N–H and O–H groups in total. The number of rotatable bonds is 7. The molecule has 0 radical (unpaired) electrons. The van der Waals surface area contributed by atoms with E-state index in [1.54, 1.807) is 12.2 Å². The number of allylic oxidation sites excluding steroid dienone is 3. The Morgan fingerprint density at radius 2 is 1.94 bits per heavy atom. The van der Waals surface area contributed by atoms with Gasteiger partial charge in [-0.05, 0) is 19.1 Å². The predicted molar refractivity (Wildman–Crippen MR) is 78.0 cm³/mol. The lowest BCUT2D eigenvalue weighted by Crippen LogP contribution is -2.11. The van der Waals surface area contributed by atoms with E-state index in [-0.39, 0.29) is 11.7 Å². The molecule has 0 heterocycles. The minimum Gasteiger partial charge on any atom is -0.491 e. The Labute approximate surface area is 111 Å². The number of nitrogens with two attached hydrogens (primary N) is 1. The minimum atomic E-state index is 0.0487. The summed E-state index contributed by atoms with van der Waals surface area (Å²) in [4.78, 5) is 11.3. The summed E-state index contributed by atoms with van der Waals surface area (Å²) in [5, 5.41) is 0. The highest BCUT2D eigenvalue weighted by Crippen LogP contribution is 2.06. The molecule has 0 saturated heterocycles. The molecule has 0 saturated carbocycles. The van der Waals surface area contributed by atoms with Gasteiger partial charge in [-0.3, -0.25) is 4.79 Å². The Hall–Kier alpha value is -1.51. The molecule has 3 nitrogen and oxygen atoms in total. The van der Waals surface area contributed by atoms with Crippen molar-refractivity contribution in [3.05, 3.63) is 36.3 Å². The van der Waals surface area contributed by atoms with Crippen molar-refractivity contribution < 1.29 is 9.53 Å². The van der Waals surface area contributed by atoms with Gasteiger partial charge in [0, 0.05) is 12.3 Å². The molecule has 0 aromatic heterocycles. The number of Topliss-reactive ketones (excluding diaryl/α,β-unsaturated/α-hetero) is 1. The molecule has 0 rings (SSSR count). The van der Waals surface area contributed by atoms with E-state index in [9.17, 15) is 4.79 Å². The molecule has 18 heavy (non-hydrogen) atoms. The molecule has 0 aromatic carbocycles. The van der Waals surface area contributed by atoms with Crippen LogP contribution < -0.4 is 5.73 Å². The summed E-state index contributed by atoms with van der Waals surface area (Å²) in [6.07, 6.45) is 5.51. The molecule has 3 heteroatoms. The first-order chi connectivity index (χ1) is 8.52. The molecule has 0 spiro atoms. The lowest BCUT2D eigenvalue weighted by atomic mass is 10.1. The van der Waals surface area contributed by atoms with Crippen molar-refractivity contribution in [2.45, 2.75) is 41.0 Å². The zero-order valence-corrected chi connectivity index (χ0v) is 12.3. The van der Waals surface area contributed by atoms with Crippen LogP contribution in [-0.2, 0) is 9.53 Å². The fourth-order valence-electron chi connectivity index (χ4n) is 1.07. The molecule has 0 aliphatic carbocycles. The molecule has 0 amide bonds. The van der Waals surface area contributed by atoms with Crippen LogP contribution in [-0.4, -0.2) is 12.4 Å². The largest absolute Gasteiger partial charge is 0.491 e. The number of ketones is 1. The van der Waals surface area contributed by atoms with E-state index < -0.39 is 0 Å². The van der Waals surface area contributed by atoms with Crippen molar-refractivity contribution in [1.29, 1.82) is 0 Å². The second-order valence-corrected chi connectivity index (χ2v) is 3.74. The molecular weight excluding hydrogens is 226 g/mol. The van der Waals surface area contributed by atoms with Gasteiger partial charge >= 0.3 is 0 Å². The van der Waals surface area contributed by atoms with Crippen molar-refractivity contribution in [2.75, 3.05) is 6.61 Å².